The van der Waals surface area contributed by atoms with Crippen LogP contribution in [0.25, 0.3) is 0 Å². The third kappa shape index (κ3) is 7.02. The minimum atomic E-state index is -0.343. The van der Waals surface area contributed by atoms with Crippen LogP contribution in [-0.4, -0.2) is 18.6 Å². The molecule has 1 unspecified atom stereocenters. The first-order valence-corrected chi connectivity index (χ1v) is 7.39. The predicted octanol–water partition coefficient (Wildman–Crippen LogP) is 3.32. The summed E-state index contributed by atoms with van der Waals surface area (Å²) in [6, 6.07) is 8.28. The highest BCUT2D eigenvalue weighted by Crippen LogP contribution is 2.17. The molecule has 1 aromatic carbocycles. The number of carbonyl (C=O) groups is 1. The minimum Gasteiger partial charge on any atom is -0.493 e. The summed E-state index contributed by atoms with van der Waals surface area (Å²) in [7, 11) is 0. The van der Waals surface area contributed by atoms with Crippen LogP contribution in [0.2, 0.25) is 0 Å². The van der Waals surface area contributed by atoms with Gasteiger partial charge in [-0.25, -0.2) is 0 Å². The minimum absolute atomic E-state index is 0.245. The number of unbranched alkanes of at least 4 members (excludes halogenated alkanes) is 2. The molecule has 0 aliphatic heterocycles. The second-order valence-corrected chi connectivity index (χ2v) is 5.13. The lowest BCUT2D eigenvalue weighted by atomic mass is 10.1. The molecule has 0 aromatic heterocycles. The van der Waals surface area contributed by atoms with Gasteiger partial charge in [-0.2, -0.15) is 0 Å². The van der Waals surface area contributed by atoms with Crippen molar-refractivity contribution in [2.75, 3.05) is 11.9 Å². The summed E-state index contributed by atoms with van der Waals surface area (Å²) < 4.78 is 5.43. The number of carbonyl (C=O) groups excluding carboxylic acids is 1. The molecule has 1 rings (SSSR count). The summed E-state index contributed by atoms with van der Waals surface area (Å²) in [5.41, 5.74) is 6.15. The normalized spacial score (nSPS) is 11.9. The molecule has 112 valence electrons. The first-order chi connectivity index (χ1) is 9.61. The summed E-state index contributed by atoms with van der Waals surface area (Å²) in [5.74, 6) is 0.416. The average molecular weight is 278 g/mol. The molecular formula is C16H26N2O2. The number of hydrogen-bond donors (Lipinski definition) is 2. The van der Waals surface area contributed by atoms with E-state index in [1.807, 2.05) is 24.3 Å². The van der Waals surface area contributed by atoms with E-state index in [4.69, 9.17) is 10.5 Å². The highest BCUT2D eigenvalue weighted by molar-refractivity contribution is 5.73. The van der Waals surface area contributed by atoms with E-state index in [1.165, 1.54) is 25.7 Å². The predicted molar refractivity (Wildman–Crippen MR) is 83.0 cm³/mol. The monoisotopic (exact) mass is 278 g/mol. The summed E-state index contributed by atoms with van der Waals surface area (Å²) in [4.78, 5) is 10.6. The molecule has 3 N–H and O–H groups in total. The molecule has 0 saturated carbocycles. The molecular weight excluding hydrogens is 252 g/mol. The fraction of sp³-hybridized carbons (Fsp3) is 0.562. The third-order valence-electron chi connectivity index (χ3n) is 3.13. The van der Waals surface area contributed by atoms with E-state index in [2.05, 4.69) is 19.2 Å². The van der Waals surface area contributed by atoms with Crippen LogP contribution in [0.5, 0.6) is 5.75 Å². The molecule has 0 aliphatic rings. The maximum absolute atomic E-state index is 10.6. The van der Waals surface area contributed by atoms with E-state index < -0.39 is 0 Å². The van der Waals surface area contributed by atoms with Gasteiger partial charge < -0.3 is 15.8 Å². The van der Waals surface area contributed by atoms with Crippen LogP contribution in [-0.2, 0) is 4.79 Å². The summed E-state index contributed by atoms with van der Waals surface area (Å²) in [6.45, 7) is 4.75. The van der Waals surface area contributed by atoms with Crippen LogP contribution in [0, 0.1) is 0 Å². The molecule has 4 heteroatoms. The Morgan fingerprint density at radius 2 is 2.00 bits per heavy atom. The fourth-order valence-corrected chi connectivity index (χ4v) is 1.97. The molecule has 1 amide bonds. The zero-order valence-corrected chi connectivity index (χ0v) is 12.5. The number of ether oxygens (including phenoxy) is 1. The lowest BCUT2D eigenvalue weighted by Crippen LogP contribution is -2.15. The molecule has 1 aromatic rings. The Morgan fingerprint density at radius 3 is 2.60 bits per heavy atom. The largest absolute Gasteiger partial charge is 0.493 e. The van der Waals surface area contributed by atoms with Crippen molar-refractivity contribution < 1.29 is 9.53 Å². The van der Waals surface area contributed by atoms with E-state index in [0.29, 0.717) is 12.6 Å². The van der Waals surface area contributed by atoms with Gasteiger partial charge in [0, 0.05) is 11.7 Å². The Morgan fingerprint density at radius 1 is 1.30 bits per heavy atom. The lowest BCUT2D eigenvalue weighted by Gasteiger charge is -2.15. The van der Waals surface area contributed by atoms with E-state index in [9.17, 15) is 4.79 Å². The number of hydrogen-bond acceptors (Lipinski definition) is 3. The highest BCUT2D eigenvalue weighted by atomic mass is 16.5. The van der Waals surface area contributed by atoms with Gasteiger partial charge >= 0.3 is 0 Å². The van der Waals surface area contributed by atoms with Gasteiger partial charge in [0.25, 0.3) is 0 Å². The number of benzene rings is 1. The van der Waals surface area contributed by atoms with Gasteiger partial charge in [0.1, 0.15) is 5.75 Å². The van der Waals surface area contributed by atoms with E-state index in [1.54, 1.807) is 0 Å². The standard InChI is InChI=1S/C16H26N2O2/c1-3-4-5-6-13(2)18-14-7-9-15(10-8-14)20-12-11-16(17)19/h7-10,13,18H,3-6,11-12H2,1-2H3,(H2,17,19). The SMILES string of the molecule is CCCCCC(C)Nc1ccc(OCCC(N)=O)cc1. The Kier molecular flexibility index (Phi) is 7.55. The van der Waals surface area contributed by atoms with E-state index >= 15 is 0 Å². The number of rotatable bonds is 10. The number of anilines is 1. The molecule has 0 fully saturated rings. The number of primary amides is 1. The van der Waals surface area contributed by atoms with Crippen LogP contribution in [0.3, 0.4) is 0 Å². The van der Waals surface area contributed by atoms with Crippen LogP contribution >= 0.6 is 0 Å². The van der Waals surface area contributed by atoms with Crippen molar-refractivity contribution in [2.45, 2.75) is 52.0 Å². The van der Waals surface area contributed by atoms with E-state index in [0.717, 1.165) is 11.4 Å². The van der Waals surface area contributed by atoms with Gasteiger partial charge in [-0.3, -0.25) is 4.79 Å². The first kappa shape index (κ1) is 16.3. The first-order valence-electron chi connectivity index (χ1n) is 7.39. The molecule has 4 nitrogen and oxygen atoms in total. The van der Waals surface area contributed by atoms with Gasteiger partial charge in [0.2, 0.25) is 5.91 Å². The molecule has 0 radical (unpaired) electrons. The summed E-state index contributed by atoms with van der Waals surface area (Å²) in [6.07, 6.45) is 5.24. The molecule has 20 heavy (non-hydrogen) atoms. The van der Waals surface area contributed by atoms with Crippen molar-refractivity contribution in [1.82, 2.24) is 0 Å². The zero-order chi connectivity index (χ0) is 14.8. The van der Waals surface area contributed by atoms with Crippen molar-refractivity contribution in [3.8, 4) is 5.75 Å². The van der Waals surface area contributed by atoms with Crippen LogP contribution in [0.1, 0.15) is 46.0 Å². The van der Waals surface area contributed by atoms with Crippen LogP contribution in [0.15, 0.2) is 24.3 Å². The van der Waals surface area contributed by atoms with Crippen molar-refractivity contribution in [3.63, 3.8) is 0 Å². The lowest BCUT2D eigenvalue weighted by molar-refractivity contribution is -0.118. The Balaban J connectivity index is 2.32. The van der Waals surface area contributed by atoms with Crippen molar-refractivity contribution in [3.05, 3.63) is 24.3 Å². The van der Waals surface area contributed by atoms with Gasteiger partial charge in [0.05, 0.1) is 13.0 Å². The van der Waals surface area contributed by atoms with Gasteiger partial charge in [0.15, 0.2) is 0 Å². The number of nitrogens with one attached hydrogen (secondary N) is 1. The molecule has 0 aliphatic carbocycles. The smallest absolute Gasteiger partial charge is 0.220 e. The highest BCUT2D eigenvalue weighted by Gasteiger charge is 2.02. The second-order valence-electron chi connectivity index (χ2n) is 5.13. The zero-order valence-electron chi connectivity index (χ0n) is 12.5. The average Bonchev–Trinajstić information content (AvgIpc) is 2.41. The molecule has 0 saturated heterocycles. The summed E-state index contributed by atoms with van der Waals surface area (Å²) in [5, 5.41) is 3.47. The fourth-order valence-electron chi connectivity index (χ4n) is 1.97. The second kappa shape index (κ2) is 9.23. The van der Waals surface area contributed by atoms with E-state index in [-0.39, 0.29) is 12.3 Å². The Bertz CT molecular complexity index is 390. The van der Waals surface area contributed by atoms with Gasteiger partial charge in [-0.1, -0.05) is 26.2 Å². The molecule has 1 atom stereocenters. The van der Waals surface area contributed by atoms with Crippen molar-refractivity contribution in [1.29, 1.82) is 0 Å². The maximum atomic E-state index is 10.6. The number of nitrogens with two attached hydrogens (primary N) is 1. The van der Waals surface area contributed by atoms with Crippen LogP contribution < -0.4 is 15.8 Å². The molecule has 0 heterocycles. The van der Waals surface area contributed by atoms with Gasteiger partial charge in [-0.05, 0) is 37.6 Å². The molecule has 0 bridgehead atoms. The molecule has 0 spiro atoms. The van der Waals surface area contributed by atoms with Crippen LogP contribution in [0.4, 0.5) is 5.69 Å². The van der Waals surface area contributed by atoms with Gasteiger partial charge in [-0.15, -0.1) is 0 Å². The van der Waals surface area contributed by atoms with Crippen molar-refractivity contribution >= 4 is 11.6 Å². The Hall–Kier alpha value is -1.71. The Labute approximate surface area is 121 Å². The quantitative estimate of drug-likeness (QED) is 0.645. The topological polar surface area (TPSA) is 64.3 Å². The van der Waals surface area contributed by atoms with Crippen molar-refractivity contribution in [2.24, 2.45) is 5.73 Å². The summed E-state index contributed by atoms with van der Waals surface area (Å²) >= 11 is 0. The number of amides is 1. The third-order valence-corrected chi connectivity index (χ3v) is 3.13. The maximum Gasteiger partial charge on any atom is 0.220 e.